The fourth-order valence-electron chi connectivity index (χ4n) is 12.0. The number of phosphoric acid groups is 1. The fraction of sp³-hybridized carbons (Fsp3) is 0.655. The van der Waals surface area contributed by atoms with E-state index in [9.17, 15) is 38.3 Å². The highest BCUT2D eigenvalue weighted by Crippen LogP contribution is 2.44. The molecule has 0 bridgehead atoms. The number of nitrogens with zero attached hydrogens (tertiary/aromatic N) is 2. The second-order valence-corrected chi connectivity index (χ2v) is 36.4. The molecule has 0 aliphatic carbocycles. The lowest BCUT2D eigenvalue weighted by atomic mass is 10.0. The van der Waals surface area contributed by atoms with Gasteiger partial charge in [0.1, 0.15) is 19.8 Å². The number of quaternary nitrogens is 2. The van der Waals surface area contributed by atoms with Gasteiger partial charge in [-0.05, 0) is 87.9 Å². The van der Waals surface area contributed by atoms with Gasteiger partial charge in [0.15, 0.2) is 13.2 Å². The monoisotopic (exact) mass is 1540 g/mol. The third-order valence-electron chi connectivity index (χ3n) is 18.6. The van der Waals surface area contributed by atoms with E-state index in [4.69, 9.17) is 23.7 Å². The number of benzene rings is 4. The highest BCUT2D eigenvalue weighted by atomic mass is 31.2. The number of allylic oxidation sites excluding steroid dienone is 2. The molecule has 0 spiro atoms. The molecule has 0 aliphatic rings. The van der Waals surface area contributed by atoms with Crippen LogP contribution in [0.1, 0.15) is 290 Å². The first-order chi connectivity index (χ1) is 51.0. The van der Waals surface area contributed by atoms with Crippen molar-refractivity contribution in [3.8, 4) is 0 Å². The van der Waals surface area contributed by atoms with Gasteiger partial charge in [-0.15, -0.1) is 0 Å². The molecule has 3 unspecified atom stereocenters. The highest BCUT2D eigenvalue weighted by molar-refractivity contribution is 7.81. The summed E-state index contributed by atoms with van der Waals surface area (Å²) in [5.74, 6) is 0.733. The van der Waals surface area contributed by atoms with E-state index in [1.807, 2.05) is 93.9 Å². The molecule has 19 heteroatoms. The molecular formula is C87H148N3O13P3. The minimum absolute atomic E-state index is 0.0289. The number of carbonyl (C=O) groups excluding carboxylic acids is 2. The summed E-state index contributed by atoms with van der Waals surface area (Å²) < 4.78 is 58.7. The van der Waals surface area contributed by atoms with Crippen molar-refractivity contribution in [2.75, 3.05) is 68.1 Å². The number of esters is 2. The van der Waals surface area contributed by atoms with E-state index in [0.717, 1.165) is 81.2 Å². The van der Waals surface area contributed by atoms with Gasteiger partial charge >= 0.3 is 11.9 Å². The van der Waals surface area contributed by atoms with Gasteiger partial charge in [0, 0.05) is 40.1 Å². The average Bonchev–Trinajstić information content (AvgIpc) is 0.816. The first kappa shape index (κ1) is 99.6. The highest BCUT2D eigenvalue weighted by Gasteiger charge is 2.25. The number of phosphoric ester groups is 1. The Kier molecular flexibility index (Phi) is 60.4. The van der Waals surface area contributed by atoms with Crippen molar-refractivity contribution in [2.45, 2.75) is 303 Å². The number of likely N-dealkylation sites (N-methyl/N-ethyl adjacent to an activating group) is 1. The molecule has 16 nitrogen and oxygen atoms in total. The predicted octanol–water partition coefficient (Wildman–Crippen LogP) is 21.6. The van der Waals surface area contributed by atoms with Crippen LogP contribution in [0.2, 0.25) is 0 Å². The predicted molar refractivity (Wildman–Crippen MR) is 444 cm³/mol. The molecule has 3 N–H and O–H groups in total. The summed E-state index contributed by atoms with van der Waals surface area (Å²) >= 11 is 0. The van der Waals surface area contributed by atoms with Crippen LogP contribution in [0.3, 0.4) is 0 Å². The number of nitrogens with one attached hydrogen (secondary N) is 1. The number of carbonyl (C=O) groups is 2. The topological polar surface area (TPSA) is 221 Å². The summed E-state index contributed by atoms with van der Waals surface area (Å²) in [6.45, 7) is 10.8. The molecule has 106 heavy (non-hydrogen) atoms. The minimum atomic E-state index is -4.62. The van der Waals surface area contributed by atoms with Crippen LogP contribution >= 0.6 is 22.3 Å². The van der Waals surface area contributed by atoms with Crippen LogP contribution in [-0.4, -0.2) is 111 Å². The molecule has 0 heterocycles. The van der Waals surface area contributed by atoms with E-state index < -0.39 is 41.0 Å². The third kappa shape index (κ3) is 55.9. The van der Waals surface area contributed by atoms with E-state index in [0.29, 0.717) is 34.6 Å². The van der Waals surface area contributed by atoms with Crippen molar-refractivity contribution in [1.29, 1.82) is 0 Å². The molecule has 4 rings (SSSR count). The van der Waals surface area contributed by atoms with Crippen molar-refractivity contribution in [3.63, 3.8) is 0 Å². The smallest absolute Gasteiger partial charge is 0.306 e. The van der Waals surface area contributed by atoms with Crippen molar-refractivity contribution in [3.05, 3.63) is 151 Å². The molecule has 4 aromatic carbocycles. The van der Waals surface area contributed by atoms with Crippen LogP contribution in [0.5, 0.6) is 0 Å². The first-order valence-electron chi connectivity index (χ1n) is 41.1. The van der Waals surface area contributed by atoms with E-state index in [1.54, 1.807) is 68.4 Å². The standard InChI is InChI=1S/C44H86NO8P.C17H38N2O2.C14H13OP.C12H11O2P/c1-6-8-10-12-14-16-18-20-22-24-26-28-30-32-34-36-43(46)50-40-42(41-52-54(48,49)51-39-38-45(3,4)5)53-44(47)37-35-33-31-29-27-25-23-21-19-17-15-13-11-9-7-2;1-4-5-6-7-8-9-10-11-12-14-17(18-20)15-13-16-19(2,3)21;1-2-16(15,13-9-5-3-6-10-13)14-11-7-4-8-12-14;13-15(14,11-7-3-1-4-8-11)12-9-5-2-6-10-12/h20,22,42H,6-19,21,23-41H2,1-5H3;17-18,20H,4-16H2,1-3H3;2-12H,1H2;1-10H,(H,13,14)/b22-20-;;;. The maximum absolute atomic E-state index is 12.9. The summed E-state index contributed by atoms with van der Waals surface area (Å²) in [6, 6.07) is 36.5. The van der Waals surface area contributed by atoms with Crippen molar-refractivity contribution in [2.24, 2.45) is 0 Å². The quantitative estimate of drug-likeness (QED) is 0.00935. The largest absolute Gasteiger partial charge is 0.756 e. The number of hydrogen-bond donors (Lipinski definition) is 3. The molecule has 3 atom stereocenters. The first-order valence-corrected chi connectivity index (χ1v) is 46.0. The van der Waals surface area contributed by atoms with Gasteiger partial charge in [0.2, 0.25) is 0 Å². The molecule has 0 radical (unpaired) electrons. The van der Waals surface area contributed by atoms with Gasteiger partial charge < -0.3 is 52.4 Å². The Morgan fingerprint density at radius 3 is 1.16 bits per heavy atom. The summed E-state index contributed by atoms with van der Waals surface area (Å²) in [5.41, 5.74) is 2.40. The molecule has 4 aromatic rings. The Balaban J connectivity index is 0.000000858. The fourth-order valence-corrected chi connectivity index (χ4v) is 16.1. The van der Waals surface area contributed by atoms with Crippen LogP contribution < -0.4 is 31.6 Å². The third-order valence-corrected chi connectivity index (χ3v) is 24.2. The van der Waals surface area contributed by atoms with Gasteiger partial charge in [-0.1, -0.05) is 336 Å². The SMILES string of the molecule is C=CP(=O)(c1ccccc1)c1ccccc1.CCCCCCCC/C=C\CCCCCCCC(=O)OCC(COP(=O)([O-])OCC[N+](C)(C)C)OC(=O)CCCCCCCCCCCCCCCCC.CCCCCCCCCCCC(CCC[N+](C)(C)[O-])NO.O=P(O)(c1ccccc1)c1ccccc1. The number of hydrogen-bond acceptors (Lipinski definition) is 13. The summed E-state index contributed by atoms with van der Waals surface area (Å²) in [5, 5.41) is 23.2. The zero-order chi connectivity index (χ0) is 78.2. The van der Waals surface area contributed by atoms with Crippen LogP contribution in [0.15, 0.2) is 146 Å². The van der Waals surface area contributed by atoms with Gasteiger partial charge in [0.05, 0.1) is 48.4 Å². The molecule has 604 valence electrons. The van der Waals surface area contributed by atoms with Gasteiger partial charge in [-0.2, -0.15) is 0 Å². The Labute approximate surface area is 645 Å². The van der Waals surface area contributed by atoms with E-state index in [2.05, 4.69) is 45.0 Å². The lowest BCUT2D eigenvalue weighted by Gasteiger charge is -2.34. The molecule has 0 amide bonds. The van der Waals surface area contributed by atoms with Crippen LogP contribution in [0, 0.1) is 5.21 Å². The average molecular weight is 1540 g/mol. The van der Waals surface area contributed by atoms with Crippen molar-refractivity contribution in [1.82, 2.24) is 5.48 Å². The van der Waals surface area contributed by atoms with Crippen LogP contribution in [0.25, 0.3) is 0 Å². The number of unbranched alkanes of at least 4 members (excludes halogenated alkanes) is 33. The number of ether oxygens (including phenoxy) is 2. The normalized spacial score (nSPS) is 12.9. The zero-order valence-corrected chi connectivity index (χ0v) is 70.2. The van der Waals surface area contributed by atoms with Gasteiger partial charge in [-0.25, -0.2) is 5.48 Å². The second kappa shape index (κ2) is 64.3. The summed E-state index contributed by atoms with van der Waals surface area (Å²) in [4.78, 5) is 47.5. The lowest BCUT2D eigenvalue weighted by Crippen LogP contribution is -2.37. The Morgan fingerprint density at radius 1 is 0.462 bits per heavy atom. The summed E-state index contributed by atoms with van der Waals surface area (Å²) in [6.07, 6.45) is 52.7. The Morgan fingerprint density at radius 2 is 0.802 bits per heavy atom. The zero-order valence-electron chi connectivity index (χ0n) is 67.5. The summed E-state index contributed by atoms with van der Waals surface area (Å²) in [7, 11) is -1.53. The van der Waals surface area contributed by atoms with Gasteiger partial charge in [0.25, 0.3) is 15.2 Å². The van der Waals surface area contributed by atoms with E-state index in [1.165, 1.54) is 180 Å². The maximum atomic E-state index is 12.9. The number of rotatable bonds is 61. The molecule has 0 aromatic heterocycles. The lowest BCUT2D eigenvalue weighted by molar-refractivity contribution is -0.870. The van der Waals surface area contributed by atoms with Crippen molar-refractivity contribution >= 4 is 55.5 Å². The molecule has 0 aliphatic heterocycles. The minimum Gasteiger partial charge on any atom is -0.756 e. The van der Waals surface area contributed by atoms with Gasteiger partial charge in [-0.3, -0.25) is 18.7 Å². The Hall–Kier alpha value is -4.37. The number of hydroxylamine groups is 4. The molecule has 0 saturated carbocycles. The van der Waals surface area contributed by atoms with E-state index in [-0.39, 0.29) is 42.7 Å². The van der Waals surface area contributed by atoms with Crippen molar-refractivity contribution < 1.29 is 65.9 Å². The Bertz CT molecular complexity index is 2810. The van der Waals surface area contributed by atoms with E-state index >= 15 is 0 Å². The second-order valence-electron chi connectivity index (χ2n) is 30.1. The molecule has 0 saturated heterocycles. The van der Waals surface area contributed by atoms with Crippen LogP contribution in [-0.2, 0) is 41.8 Å². The maximum Gasteiger partial charge on any atom is 0.306 e. The molecule has 0 fully saturated rings. The molecular weight excluding hydrogens is 1390 g/mol. The van der Waals surface area contributed by atoms with Crippen LogP contribution in [0.4, 0.5) is 0 Å².